The minimum absolute atomic E-state index is 0.211. The molecule has 2 heterocycles. The van der Waals surface area contributed by atoms with Crippen molar-refractivity contribution in [2.75, 3.05) is 5.75 Å². The topological polar surface area (TPSA) is 128 Å². The van der Waals surface area contributed by atoms with E-state index in [2.05, 4.69) is 15.0 Å². The highest BCUT2D eigenvalue weighted by Gasteiger charge is 2.30. The van der Waals surface area contributed by atoms with Crippen LogP contribution in [-0.2, 0) is 16.0 Å². The Balaban J connectivity index is 2.11. The Bertz CT molecular complexity index is 1330. The van der Waals surface area contributed by atoms with Gasteiger partial charge in [-0.1, -0.05) is 19.1 Å². The number of alkyl halides is 3. The molecule has 1 aromatic carbocycles. The standard InChI is InChI=1S/C21H16F3N5O3S/c1-2-33(31,32)17-9-15(14-5-3-13(10-25)4-6-14)11-27-19(17)20(29-30)28-18-8-7-16(12-26-18)21(22,23)24/h3-9,11-12,30H,2H2,1H3,(H,26,28,29). The summed E-state index contributed by atoms with van der Waals surface area (Å²) in [6.45, 7) is 1.42. The second-order valence-electron chi connectivity index (χ2n) is 6.64. The van der Waals surface area contributed by atoms with Crippen molar-refractivity contribution < 1.29 is 26.8 Å². The number of pyridine rings is 2. The maximum absolute atomic E-state index is 12.7. The molecule has 0 saturated heterocycles. The van der Waals surface area contributed by atoms with Crippen molar-refractivity contribution in [3.63, 3.8) is 0 Å². The third kappa shape index (κ3) is 5.33. The zero-order chi connectivity index (χ0) is 24.2. The number of hydrogen-bond acceptors (Lipinski definition) is 7. The molecule has 2 N–H and O–H groups in total. The Morgan fingerprint density at radius 3 is 2.33 bits per heavy atom. The molecule has 0 aliphatic heterocycles. The largest absolute Gasteiger partial charge is 0.417 e. The van der Waals surface area contributed by atoms with Crippen molar-refractivity contribution in [3.05, 3.63) is 71.7 Å². The Kier molecular flexibility index (Phi) is 6.75. The second kappa shape index (κ2) is 9.35. The van der Waals surface area contributed by atoms with Crippen LogP contribution in [-0.4, -0.2) is 35.2 Å². The fourth-order valence-corrected chi connectivity index (χ4v) is 3.84. The van der Waals surface area contributed by atoms with Gasteiger partial charge in [-0.25, -0.2) is 18.4 Å². The number of nitriles is 1. The van der Waals surface area contributed by atoms with E-state index < -0.39 is 27.4 Å². The predicted octanol–water partition coefficient (Wildman–Crippen LogP) is 3.88. The fraction of sp³-hybridized carbons (Fsp3) is 0.143. The van der Waals surface area contributed by atoms with Gasteiger partial charge in [-0.3, -0.25) is 15.7 Å². The van der Waals surface area contributed by atoms with Gasteiger partial charge in [0, 0.05) is 18.0 Å². The van der Waals surface area contributed by atoms with E-state index in [0.29, 0.717) is 22.9 Å². The van der Waals surface area contributed by atoms with Crippen LogP contribution in [0, 0.1) is 11.3 Å². The fourth-order valence-electron chi connectivity index (χ4n) is 2.78. The van der Waals surface area contributed by atoms with E-state index >= 15 is 0 Å². The lowest BCUT2D eigenvalue weighted by atomic mass is 10.1. The minimum atomic E-state index is -4.58. The van der Waals surface area contributed by atoms with Crippen LogP contribution in [0.5, 0.6) is 0 Å². The molecular formula is C21H16F3N5O3S. The number of nitrogens with zero attached hydrogens (tertiary/aromatic N) is 4. The van der Waals surface area contributed by atoms with E-state index in [1.807, 2.05) is 6.07 Å². The van der Waals surface area contributed by atoms with Gasteiger partial charge in [-0.05, 0) is 35.9 Å². The molecule has 0 bridgehead atoms. The summed E-state index contributed by atoms with van der Waals surface area (Å²) in [7, 11) is -3.86. The van der Waals surface area contributed by atoms with Crippen LogP contribution < -0.4 is 5.48 Å². The number of aromatic nitrogens is 2. The van der Waals surface area contributed by atoms with E-state index in [1.54, 1.807) is 29.7 Å². The van der Waals surface area contributed by atoms with Crippen LogP contribution in [0.15, 0.2) is 64.7 Å². The van der Waals surface area contributed by atoms with Crippen LogP contribution >= 0.6 is 0 Å². The highest BCUT2D eigenvalue weighted by molar-refractivity contribution is 7.91. The lowest BCUT2D eigenvalue weighted by Crippen LogP contribution is -2.25. The molecule has 3 aromatic rings. The molecule has 0 unspecified atom stereocenters. The number of aliphatic imine (C=N–C) groups is 1. The number of hydrogen-bond donors (Lipinski definition) is 2. The highest BCUT2D eigenvalue weighted by Crippen LogP contribution is 2.30. The number of hydroxylamine groups is 1. The van der Waals surface area contributed by atoms with Crippen LogP contribution in [0.1, 0.15) is 23.7 Å². The predicted molar refractivity (Wildman–Crippen MR) is 112 cm³/mol. The maximum atomic E-state index is 12.7. The van der Waals surface area contributed by atoms with Crippen molar-refractivity contribution in [3.8, 4) is 17.2 Å². The second-order valence-corrected chi connectivity index (χ2v) is 8.89. The third-order valence-corrected chi connectivity index (χ3v) is 6.29. The molecular weight excluding hydrogens is 459 g/mol. The van der Waals surface area contributed by atoms with Crippen molar-refractivity contribution in [1.29, 1.82) is 5.26 Å². The molecule has 3 rings (SSSR count). The molecule has 0 radical (unpaired) electrons. The monoisotopic (exact) mass is 475 g/mol. The summed E-state index contributed by atoms with van der Waals surface area (Å²) in [4.78, 5) is 11.4. The first-order chi connectivity index (χ1) is 15.6. The number of sulfone groups is 1. The summed E-state index contributed by atoms with van der Waals surface area (Å²) < 4.78 is 63.7. The molecule has 0 amide bonds. The van der Waals surface area contributed by atoms with Crippen molar-refractivity contribution in [2.45, 2.75) is 18.0 Å². The van der Waals surface area contributed by atoms with Gasteiger partial charge in [0.15, 0.2) is 21.5 Å². The van der Waals surface area contributed by atoms with Gasteiger partial charge < -0.3 is 0 Å². The molecule has 0 saturated carbocycles. The van der Waals surface area contributed by atoms with Gasteiger partial charge in [0.05, 0.1) is 27.8 Å². The van der Waals surface area contributed by atoms with Gasteiger partial charge in [0.2, 0.25) is 0 Å². The lowest BCUT2D eigenvalue weighted by molar-refractivity contribution is -0.137. The van der Waals surface area contributed by atoms with E-state index in [1.165, 1.54) is 19.2 Å². The Labute approximate surface area is 187 Å². The zero-order valence-corrected chi connectivity index (χ0v) is 17.8. The number of nitrogens with one attached hydrogen (secondary N) is 1. The summed E-state index contributed by atoms with van der Waals surface area (Å²) in [6, 6.07) is 11.4. The average molecular weight is 475 g/mol. The molecule has 0 spiro atoms. The van der Waals surface area contributed by atoms with Crippen LogP contribution in [0.4, 0.5) is 19.0 Å². The average Bonchev–Trinajstić information content (AvgIpc) is 2.82. The van der Waals surface area contributed by atoms with Crippen LogP contribution in [0.25, 0.3) is 11.1 Å². The Morgan fingerprint density at radius 1 is 1.12 bits per heavy atom. The molecule has 8 nitrogen and oxygen atoms in total. The molecule has 2 aromatic heterocycles. The van der Waals surface area contributed by atoms with Crippen LogP contribution in [0.3, 0.4) is 0 Å². The summed E-state index contributed by atoms with van der Waals surface area (Å²) in [5.74, 6) is -0.909. The number of amidine groups is 1. The quantitative estimate of drug-likeness (QED) is 0.325. The third-order valence-electron chi connectivity index (χ3n) is 4.55. The van der Waals surface area contributed by atoms with E-state index in [-0.39, 0.29) is 22.2 Å². The molecule has 33 heavy (non-hydrogen) atoms. The van der Waals surface area contributed by atoms with Crippen molar-refractivity contribution >= 4 is 21.5 Å². The normalized spacial score (nSPS) is 12.3. The van der Waals surface area contributed by atoms with Crippen molar-refractivity contribution in [1.82, 2.24) is 15.4 Å². The zero-order valence-electron chi connectivity index (χ0n) is 17.0. The molecule has 0 aliphatic carbocycles. The molecule has 12 heteroatoms. The van der Waals surface area contributed by atoms with Crippen molar-refractivity contribution in [2.24, 2.45) is 4.99 Å². The first kappa shape index (κ1) is 23.8. The molecule has 170 valence electrons. The SMILES string of the molecule is CCS(=O)(=O)c1cc(-c2ccc(C#N)cc2)cnc1C(=Nc1ccc(C(F)(F)F)cn1)NO. The van der Waals surface area contributed by atoms with Gasteiger partial charge in [0.25, 0.3) is 0 Å². The van der Waals surface area contributed by atoms with Gasteiger partial charge >= 0.3 is 6.18 Å². The van der Waals surface area contributed by atoms with E-state index in [4.69, 9.17) is 5.26 Å². The van der Waals surface area contributed by atoms with E-state index in [9.17, 15) is 26.8 Å². The minimum Gasteiger partial charge on any atom is -0.290 e. The van der Waals surface area contributed by atoms with Gasteiger partial charge in [-0.2, -0.15) is 18.4 Å². The summed E-state index contributed by atoms with van der Waals surface area (Å²) >= 11 is 0. The molecule has 0 atom stereocenters. The maximum Gasteiger partial charge on any atom is 0.417 e. The number of benzene rings is 1. The first-order valence-electron chi connectivity index (χ1n) is 9.34. The Hall–Kier alpha value is -3.82. The van der Waals surface area contributed by atoms with E-state index in [0.717, 1.165) is 12.1 Å². The molecule has 0 aliphatic rings. The summed E-state index contributed by atoms with van der Waals surface area (Å²) in [5, 5.41) is 18.5. The number of halogens is 3. The molecule has 0 fully saturated rings. The Morgan fingerprint density at radius 2 is 1.82 bits per heavy atom. The summed E-state index contributed by atoms with van der Waals surface area (Å²) in [5.41, 5.74) is 1.98. The number of rotatable bonds is 5. The van der Waals surface area contributed by atoms with Crippen LogP contribution in [0.2, 0.25) is 0 Å². The lowest BCUT2D eigenvalue weighted by Gasteiger charge is -2.12. The van der Waals surface area contributed by atoms with Gasteiger partial charge in [0.1, 0.15) is 5.69 Å². The summed E-state index contributed by atoms with van der Waals surface area (Å²) in [6.07, 6.45) is -2.67. The highest BCUT2D eigenvalue weighted by atomic mass is 32.2. The smallest absolute Gasteiger partial charge is 0.290 e. The van der Waals surface area contributed by atoms with Gasteiger partial charge in [-0.15, -0.1) is 0 Å². The first-order valence-corrected chi connectivity index (χ1v) is 11.0.